The van der Waals surface area contributed by atoms with E-state index < -0.39 is 38.4 Å². The van der Waals surface area contributed by atoms with Crippen LogP contribution in [-0.4, -0.2) is 35.2 Å². The van der Waals surface area contributed by atoms with Crippen molar-refractivity contribution in [3.8, 4) is 0 Å². The lowest BCUT2D eigenvalue weighted by atomic mass is 9.76. The lowest BCUT2D eigenvalue weighted by Crippen LogP contribution is -2.41. The molecular weight excluding hydrogens is 547 g/mol. The van der Waals surface area contributed by atoms with Gasteiger partial charge in [0.05, 0.1) is 21.0 Å². The number of fused-ring (bicyclic) bond motifs is 2. The van der Waals surface area contributed by atoms with Crippen molar-refractivity contribution in [3.05, 3.63) is 77.8 Å². The molecule has 4 aromatic rings. The second kappa shape index (κ2) is 9.91. The number of hydrogen-bond donors (Lipinski definition) is 2. The fraction of sp³-hybridized carbons (Fsp3) is 0.231. The van der Waals surface area contributed by atoms with Gasteiger partial charge in [0.1, 0.15) is 0 Å². The summed E-state index contributed by atoms with van der Waals surface area (Å²) in [5.74, 6) is 0. The number of rotatable bonds is 3. The van der Waals surface area contributed by atoms with E-state index in [0.717, 1.165) is 10.8 Å². The fourth-order valence-corrected chi connectivity index (χ4v) is 5.96. The number of sulfonamides is 2. The highest BCUT2D eigenvalue weighted by Gasteiger charge is 2.52. The maximum Gasteiger partial charge on any atom is 0.495 e. The number of benzene rings is 4. The molecular formula is C26H28BClN2O6S2. The predicted molar refractivity (Wildman–Crippen MR) is 151 cm³/mol. The predicted octanol–water partition coefficient (Wildman–Crippen LogP) is 3.93. The van der Waals surface area contributed by atoms with Crippen molar-refractivity contribution in [1.82, 2.24) is 0 Å². The minimum Gasteiger partial charge on any atom is -0.399 e. The van der Waals surface area contributed by atoms with Crippen molar-refractivity contribution in [2.75, 3.05) is 0 Å². The van der Waals surface area contributed by atoms with E-state index in [1.165, 1.54) is 12.1 Å². The Labute approximate surface area is 228 Å². The van der Waals surface area contributed by atoms with E-state index in [0.29, 0.717) is 21.2 Å². The second-order valence-electron chi connectivity index (χ2n) is 9.97. The van der Waals surface area contributed by atoms with Gasteiger partial charge in [-0.25, -0.2) is 27.1 Å². The lowest BCUT2D eigenvalue weighted by molar-refractivity contribution is 0.00578. The number of primary sulfonamides is 2. The van der Waals surface area contributed by atoms with Gasteiger partial charge in [-0.05, 0) is 56.7 Å². The monoisotopic (exact) mass is 574 g/mol. The van der Waals surface area contributed by atoms with Gasteiger partial charge < -0.3 is 9.31 Å². The molecule has 4 aromatic carbocycles. The molecule has 0 radical (unpaired) electrons. The fourth-order valence-electron chi connectivity index (χ4n) is 4.22. The highest BCUT2D eigenvalue weighted by molar-refractivity contribution is 7.89. The van der Waals surface area contributed by atoms with E-state index in [1.807, 2.05) is 39.8 Å². The van der Waals surface area contributed by atoms with Crippen LogP contribution < -0.4 is 15.7 Å². The Morgan fingerprint density at radius 2 is 1.03 bits per heavy atom. The van der Waals surface area contributed by atoms with E-state index in [4.69, 9.17) is 31.2 Å². The van der Waals surface area contributed by atoms with Gasteiger partial charge in [-0.3, -0.25) is 0 Å². The van der Waals surface area contributed by atoms with Gasteiger partial charge in [-0.2, -0.15) is 0 Å². The molecule has 1 aliphatic heterocycles. The van der Waals surface area contributed by atoms with Crippen LogP contribution in [0.15, 0.2) is 82.6 Å². The first kappa shape index (κ1) is 28.5. The Balaban J connectivity index is 0.000000194. The molecule has 38 heavy (non-hydrogen) atoms. The van der Waals surface area contributed by atoms with Crippen LogP contribution in [0.4, 0.5) is 0 Å². The molecule has 1 fully saturated rings. The third-order valence-electron chi connectivity index (χ3n) is 6.86. The van der Waals surface area contributed by atoms with Gasteiger partial charge in [-0.15, -0.1) is 0 Å². The van der Waals surface area contributed by atoms with Gasteiger partial charge in [0.2, 0.25) is 20.0 Å². The van der Waals surface area contributed by atoms with Crippen molar-refractivity contribution < 1.29 is 26.1 Å². The van der Waals surface area contributed by atoms with E-state index in [2.05, 4.69) is 0 Å². The van der Waals surface area contributed by atoms with Crippen molar-refractivity contribution in [2.24, 2.45) is 10.3 Å². The zero-order valence-electron chi connectivity index (χ0n) is 21.3. The van der Waals surface area contributed by atoms with Crippen LogP contribution in [0.2, 0.25) is 5.02 Å². The van der Waals surface area contributed by atoms with E-state index in [-0.39, 0.29) is 9.79 Å². The minimum atomic E-state index is -3.80. The molecule has 0 aliphatic carbocycles. The lowest BCUT2D eigenvalue weighted by Gasteiger charge is -2.32. The first-order valence-corrected chi connectivity index (χ1v) is 15.1. The van der Waals surface area contributed by atoms with Crippen LogP contribution in [-0.2, 0) is 29.4 Å². The first-order valence-electron chi connectivity index (χ1n) is 11.6. The molecule has 5 rings (SSSR count). The minimum absolute atomic E-state index is 0.0995. The standard InChI is InChI=1S/C16H20BNO4S.C10H8ClNO2S/c1-15(2)16(3,4)22-17(21-15)13-9-5-8-12-11(13)7-6-10-14(12)23(18,19)20;11-9-5-1-4-8-7(9)3-2-6-10(8)15(12,13)14/h5-10H,1-4H3,(H2,18,19,20);1-6H,(H2,12,13,14). The summed E-state index contributed by atoms with van der Waals surface area (Å²) < 4.78 is 58.3. The number of hydrogen-bond acceptors (Lipinski definition) is 6. The molecule has 0 atom stereocenters. The first-order chi connectivity index (χ1) is 17.5. The van der Waals surface area contributed by atoms with Crippen LogP contribution in [0.3, 0.4) is 0 Å². The van der Waals surface area contributed by atoms with Gasteiger partial charge in [0.15, 0.2) is 0 Å². The van der Waals surface area contributed by atoms with Crippen molar-refractivity contribution >= 4 is 65.8 Å². The third-order valence-corrected chi connectivity index (χ3v) is 9.13. The molecule has 0 unspecified atom stereocenters. The molecule has 0 spiro atoms. The van der Waals surface area contributed by atoms with Gasteiger partial charge in [-0.1, -0.05) is 66.2 Å². The average Bonchev–Trinajstić information content (AvgIpc) is 3.04. The van der Waals surface area contributed by atoms with E-state index >= 15 is 0 Å². The molecule has 1 heterocycles. The SMILES string of the molecule is CC1(C)OB(c2cccc3c(S(N)(=O)=O)cccc23)OC1(C)C.NS(=O)(=O)c1cccc2c(Cl)cccc12. The molecule has 1 saturated heterocycles. The summed E-state index contributed by atoms with van der Waals surface area (Å²) in [4.78, 5) is 0.205. The van der Waals surface area contributed by atoms with Crippen molar-refractivity contribution in [3.63, 3.8) is 0 Å². The molecule has 4 N–H and O–H groups in total. The van der Waals surface area contributed by atoms with E-state index in [9.17, 15) is 16.8 Å². The molecule has 8 nitrogen and oxygen atoms in total. The van der Waals surface area contributed by atoms with E-state index in [1.54, 1.807) is 48.5 Å². The van der Waals surface area contributed by atoms with Crippen LogP contribution in [0, 0.1) is 0 Å². The van der Waals surface area contributed by atoms with Gasteiger partial charge in [0.25, 0.3) is 0 Å². The second-order valence-corrected chi connectivity index (χ2v) is 13.4. The third kappa shape index (κ3) is 5.46. The smallest absolute Gasteiger partial charge is 0.399 e. The maximum atomic E-state index is 11.8. The Morgan fingerprint density at radius 1 is 0.632 bits per heavy atom. The Morgan fingerprint density at radius 3 is 1.53 bits per heavy atom. The Bertz CT molecular complexity index is 1740. The molecule has 200 valence electrons. The summed E-state index contributed by atoms with van der Waals surface area (Å²) in [6.07, 6.45) is 0. The highest BCUT2D eigenvalue weighted by atomic mass is 35.5. The van der Waals surface area contributed by atoms with Gasteiger partial charge >= 0.3 is 7.12 Å². The zero-order valence-corrected chi connectivity index (χ0v) is 23.7. The zero-order chi connectivity index (χ0) is 28.1. The summed E-state index contributed by atoms with van der Waals surface area (Å²) in [5.41, 5.74) is -0.124. The maximum absolute atomic E-state index is 11.8. The largest absolute Gasteiger partial charge is 0.495 e. The van der Waals surface area contributed by atoms with Crippen LogP contribution in [0.1, 0.15) is 27.7 Å². The van der Waals surface area contributed by atoms with Crippen molar-refractivity contribution in [2.45, 2.75) is 48.7 Å². The summed E-state index contributed by atoms with van der Waals surface area (Å²) in [6, 6.07) is 20.4. The molecule has 0 saturated carbocycles. The van der Waals surface area contributed by atoms with Crippen LogP contribution in [0.25, 0.3) is 21.5 Å². The van der Waals surface area contributed by atoms with Gasteiger partial charge in [0, 0.05) is 21.2 Å². The molecule has 1 aliphatic rings. The number of nitrogens with two attached hydrogens (primary N) is 2. The highest BCUT2D eigenvalue weighted by Crippen LogP contribution is 2.37. The summed E-state index contributed by atoms with van der Waals surface area (Å²) in [7, 11) is -8.06. The topological polar surface area (TPSA) is 139 Å². The summed E-state index contributed by atoms with van der Waals surface area (Å²) in [5, 5.41) is 13.5. The average molecular weight is 575 g/mol. The van der Waals surface area contributed by atoms with Crippen molar-refractivity contribution in [1.29, 1.82) is 0 Å². The molecule has 0 bridgehead atoms. The Hall–Kier alpha value is -2.51. The molecule has 0 aromatic heterocycles. The molecule has 12 heteroatoms. The normalized spacial score (nSPS) is 16.9. The molecule has 0 amide bonds. The van der Waals surface area contributed by atoms with Crippen LogP contribution in [0.5, 0.6) is 0 Å². The summed E-state index contributed by atoms with van der Waals surface area (Å²) >= 11 is 5.94. The van der Waals surface area contributed by atoms with Crippen LogP contribution >= 0.6 is 11.6 Å². The quantitative estimate of drug-likeness (QED) is 0.356. The summed E-state index contributed by atoms with van der Waals surface area (Å²) in [6.45, 7) is 7.92. The number of halogens is 1. The Kier molecular flexibility index (Phi) is 7.43.